The number of tetrazole rings is 1. The van der Waals surface area contributed by atoms with Crippen LogP contribution >= 0.6 is 0 Å². The van der Waals surface area contributed by atoms with Crippen molar-refractivity contribution in [3.05, 3.63) is 34.9 Å². The summed E-state index contributed by atoms with van der Waals surface area (Å²) in [5, 5.41) is 11.3. The van der Waals surface area contributed by atoms with E-state index in [1.165, 1.54) is 23.6 Å². The van der Waals surface area contributed by atoms with E-state index in [9.17, 15) is 9.59 Å². The zero-order valence-electron chi connectivity index (χ0n) is 15.4. The molecular formula is C16H20N5O4Y-. The number of nitrogens with zero attached hydrogens (tertiary/aromatic N) is 5. The van der Waals surface area contributed by atoms with E-state index in [2.05, 4.69) is 26.3 Å². The Kier molecular flexibility index (Phi) is 8.30. The van der Waals surface area contributed by atoms with Crippen molar-refractivity contribution in [2.45, 2.75) is 40.5 Å². The first-order valence-corrected chi connectivity index (χ1v) is 7.72. The molecule has 137 valence electrons. The molecule has 0 saturated carbocycles. The van der Waals surface area contributed by atoms with Crippen molar-refractivity contribution in [1.82, 2.24) is 20.2 Å². The average Bonchev–Trinajstić information content (AvgIpc) is 3.02. The van der Waals surface area contributed by atoms with E-state index in [4.69, 9.17) is 4.74 Å². The number of carbonyl (C=O) groups excluding carboxylic acids is 2. The Bertz CT molecular complexity index is 780. The van der Waals surface area contributed by atoms with Gasteiger partial charge in [-0.05, 0) is 24.3 Å². The molecule has 0 aliphatic rings. The number of ether oxygens (including phenoxy) is 2. The van der Waals surface area contributed by atoms with Gasteiger partial charge in [-0.2, -0.15) is 29.3 Å². The molecule has 26 heavy (non-hydrogen) atoms. The number of benzene rings is 1. The van der Waals surface area contributed by atoms with Crippen LogP contribution in [0.5, 0.6) is 0 Å². The quantitative estimate of drug-likeness (QED) is 0.402. The van der Waals surface area contributed by atoms with Gasteiger partial charge in [-0.1, -0.05) is 24.5 Å². The molecular weight excluding hydrogens is 415 g/mol. The van der Waals surface area contributed by atoms with Crippen LogP contribution in [0.4, 0.5) is 10.7 Å². The topological polar surface area (TPSA) is 99.4 Å². The average molecular weight is 435 g/mol. The second-order valence-corrected chi connectivity index (χ2v) is 5.32. The standard InChI is InChI=1S/C16H20N5O4.Y/c1-6-20-15(17-18-19-20)21(12(4)25-16(23)24-5)14(22)13-8-7-10(2)9-11(13)3;/h7-8,12H,6H2,1-5H3;/q-1;. The van der Waals surface area contributed by atoms with Gasteiger partial charge in [0.05, 0.1) is 7.11 Å². The van der Waals surface area contributed by atoms with Gasteiger partial charge in [0, 0.05) is 39.3 Å². The Hall–Kier alpha value is -1.87. The monoisotopic (exact) mass is 435 g/mol. The molecule has 1 heterocycles. The normalized spacial score (nSPS) is 11.3. The van der Waals surface area contributed by atoms with Gasteiger partial charge in [-0.3, -0.25) is 4.79 Å². The Labute approximate surface area is 176 Å². The summed E-state index contributed by atoms with van der Waals surface area (Å²) >= 11 is 0. The molecule has 0 saturated heterocycles. The minimum Gasteiger partial charge on any atom is -0.438 e. The zero-order valence-corrected chi connectivity index (χ0v) is 18.2. The van der Waals surface area contributed by atoms with Crippen molar-refractivity contribution >= 4 is 18.0 Å². The van der Waals surface area contributed by atoms with Crippen molar-refractivity contribution in [2.75, 3.05) is 12.0 Å². The number of hydrogen-bond donors (Lipinski definition) is 0. The molecule has 1 aromatic heterocycles. The van der Waals surface area contributed by atoms with Gasteiger partial charge in [0.25, 0.3) is 5.95 Å². The van der Waals surface area contributed by atoms with Crippen molar-refractivity contribution in [3.63, 3.8) is 0 Å². The van der Waals surface area contributed by atoms with E-state index < -0.39 is 18.3 Å². The van der Waals surface area contributed by atoms with Crippen molar-refractivity contribution in [2.24, 2.45) is 0 Å². The molecule has 0 aliphatic carbocycles. The molecule has 1 radical (unpaired) electrons. The van der Waals surface area contributed by atoms with Crippen molar-refractivity contribution in [1.29, 1.82) is 0 Å². The molecule has 2 aromatic rings. The first kappa shape index (κ1) is 22.2. The van der Waals surface area contributed by atoms with Crippen LogP contribution in [0, 0.1) is 19.9 Å². The molecule has 0 bridgehead atoms. The van der Waals surface area contributed by atoms with Crippen LogP contribution in [-0.4, -0.2) is 45.6 Å². The molecule has 9 nitrogen and oxygen atoms in total. The minimum atomic E-state index is -0.975. The van der Waals surface area contributed by atoms with Gasteiger partial charge in [0.1, 0.15) is 0 Å². The predicted molar refractivity (Wildman–Crippen MR) is 88.0 cm³/mol. The third-order valence-corrected chi connectivity index (χ3v) is 3.56. The third-order valence-electron chi connectivity index (χ3n) is 3.56. The van der Waals surface area contributed by atoms with Crippen LogP contribution in [-0.2, 0) is 48.7 Å². The van der Waals surface area contributed by atoms with Gasteiger partial charge in [0.2, 0.25) is 5.91 Å². The van der Waals surface area contributed by atoms with Crippen LogP contribution in [0.15, 0.2) is 12.1 Å². The number of aryl methyl sites for hydroxylation is 3. The number of hydrogen-bond acceptors (Lipinski definition) is 7. The summed E-state index contributed by atoms with van der Waals surface area (Å²) in [7, 11) is 1.19. The fourth-order valence-electron chi connectivity index (χ4n) is 2.34. The number of aromatic nitrogens is 4. The summed E-state index contributed by atoms with van der Waals surface area (Å²) in [6, 6.07) is 6.58. The van der Waals surface area contributed by atoms with Crippen LogP contribution < -0.4 is 4.90 Å². The summed E-state index contributed by atoms with van der Waals surface area (Å²) in [5.41, 5.74) is 2.00. The maximum Gasteiger partial charge on any atom is 0.509 e. The molecule has 1 amide bonds. The van der Waals surface area contributed by atoms with Crippen molar-refractivity contribution in [3.8, 4) is 0 Å². The maximum absolute atomic E-state index is 13.1. The van der Waals surface area contributed by atoms with Gasteiger partial charge >= 0.3 is 6.16 Å². The minimum absolute atomic E-state index is 0. The van der Waals surface area contributed by atoms with Crippen LogP contribution in [0.2, 0.25) is 0 Å². The maximum atomic E-state index is 13.1. The molecule has 1 atom stereocenters. The van der Waals surface area contributed by atoms with Gasteiger partial charge < -0.3 is 9.47 Å². The van der Waals surface area contributed by atoms with Crippen LogP contribution in [0.3, 0.4) is 0 Å². The fraction of sp³-hybridized carbons (Fsp3) is 0.438. The van der Waals surface area contributed by atoms with E-state index in [1.54, 1.807) is 19.1 Å². The van der Waals surface area contributed by atoms with E-state index in [0.717, 1.165) is 5.56 Å². The van der Waals surface area contributed by atoms with Crippen LogP contribution in [0.25, 0.3) is 0 Å². The molecule has 1 unspecified atom stereocenters. The molecule has 0 aliphatic heterocycles. The second kappa shape index (κ2) is 9.73. The summed E-state index contributed by atoms with van der Waals surface area (Å²) in [6.45, 7) is 7.48. The summed E-state index contributed by atoms with van der Waals surface area (Å²) in [4.78, 5) is 25.8. The Balaban J connectivity index is 0.00000338. The Morgan fingerprint density at radius 2 is 2.04 bits per heavy atom. The molecule has 1 aromatic carbocycles. The van der Waals surface area contributed by atoms with Crippen LogP contribution in [0.1, 0.15) is 35.3 Å². The summed E-state index contributed by atoms with van der Waals surface area (Å²) in [5.74, 6) is -0.237. The Morgan fingerprint density at radius 3 is 2.62 bits per heavy atom. The zero-order chi connectivity index (χ0) is 18.6. The number of anilines is 1. The first-order valence-electron chi connectivity index (χ1n) is 7.72. The van der Waals surface area contributed by atoms with E-state index in [-0.39, 0.29) is 38.7 Å². The first-order chi connectivity index (χ1) is 11.9. The van der Waals surface area contributed by atoms with E-state index >= 15 is 0 Å². The predicted octanol–water partition coefficient (Wildman–Crippen LogP) is 1.88. The van der Waals surface area contributed by atoms with E-state index in [0.29, 0.717) is 17.7 Å². The van der Waals surface area contributed by atoms with Gasteiger partial charge in [0.15, 0.2) is 6.23 Å². The van der Waals surface area contributed by atoms with Gasteiger partial charge in [-0.25, -0.2) is 14.4 Å². The largest absolute Gasteiger partial charge is 0.509 e. The smallest absolute Gasteiger partial charge is 0.438 e. The van der Waals surface area contributed by atoms with Crippen molar-refractivity contribution < 1.29 is 51.8 Å². The molecule has 0 fully saturated rings. The molecule has 10 heteroatoms. The van der Waals surface area contributed by atoms with Gasteiger partial charge in [-0.15, -0.1) is 0 Å². The summed E-state index contributed by atoms with van der Waals surface area (Å²) in [6.07, 6.45) is -1.88. The fourth-order valence-corrected chi connectivity index (χ4v) is 2.34. The molecule has 2 rings (SSSR count). The third kappa shape index (κ3) is 4.85. The number of rotatable bonds is 5. The SMILES string of the molecule is CCn1nnnc1N(C(=O)c1ccc(C)[c-]c1C)C(C)OC(=O)OC.[Y]. The molecule has 0 N–H and O–H groups in total. The number of methoxy groups -OCH3 is 1. The second-order valence-electron chi connectivity index (χ2n) is 5.32. The Morgan fingerprint density at radius 1 is 1.35 bits per heavy atom. The number of carbonyl (C=O) groups is 2. The van der Waals surface area contributed by atoms with E-state index in [1.807, 2.05) is 13.8 Å². The molecule has 0 spiro atoms. The summed E-state index contributed by atoms with van der Waals surface area (Å²) < 4.78 is 11.1. The number of amides is 1.